The Morgan fingerprint density at radius 1 is 0.446 bits per heavy atom. The zero-order chi connectivity index (χ0) is 42.6. The van der Waals surface area contributed by atoms with Crippen LogP contribution in [0.4, 0.5) is 0 Å². The van der Waals surface area contributed by atoms with E-state index in [1.54, 1.807) is 0 Å². The minimum Gasteiger partial charge on any atom is -0.344 e. The lowest BCUT2D eigenvalue weighted by atomic mass is 9.89. The van der Waals surface area contributed by atoms with Gasteiger partial charge in [-0.05, 0) is 87.3 Å². The van der Waals surface area contributed by atoms with Crippen LogP contribution in [0.2, 0.25) is 0 Å². The van der Waals surface area contributed by atoms with Crippen molar-refractivity contribution in [2.45, 2.75) is 6.17 Å². The first-order valence-electron chi connectivity index (χ1n) is 22.0. The molecule has 1 aliphatic rings. The fourth-order valence-corrected chi connectivity index (χ4v) is 12.7. The number of nitrogens with one attached hydrogen (secondary N) is 1. The van der Waals surface area contributed by atoms with Crippen LogP contribution < -0.4 is 5.32 Å². The van der Waals surface area contributed by atoms with Gasteiger partial charge >= 0.3 is 0 Å². The number of thiophene rings is 2. The summed E-state index contributed by atoms with van der Waals surface area (Å²) < 4.78 is 7.49. The van der Waals surface area contributed by atoms with Crippen LogP contribution >= 0.6 is 22.7 Å². The van der Waals surface area contributed by atoms with E-state index in [9.17, 15) is 0 Å². The van der Waals surface area contributed by atoms with Crippen LogP contribution in [0.1, 0.15) is 22.9 Å². The van der Waals surface area contributed by atoms with Gasteiger partial charge in [0.25, 0.3) is 0 Å². The first-order valence-corrected chi connectivity index (χ1v) is 23.6. The third-order valence-corrected chi connectivity index (χ3v) is 15.6. The standard InChI is InChI=1S/C59H36N4S2/c1-2-15-35(16-3-1)57-60-58(62-59(61-57)46-25-14-24-43-42-22-9-12-27-51(42)65-56(43)46)44-30-29-39(63-49-26-11-8-21-41(49)47-31-36-17-4-5-18-37(36)32-50(47)63)34-48(44)54-40-20-7-6-19-38(40)33-53-55(54)45-23-10-13-28-52(45)64-53/h1-34,59H,(H,60,61,62). The van der Waals surface area contributed by atoms with Crippen LogP contribution in [0.3, 0.4) is 0 Å². The van der Waals surface area contributed by atoms with Gasteiger partial charge < -0.3 is 9.88 Å². The quantitative estimate of drug-likeness (QED) is 0.184. The Morgan fingerprint density at radius 2 is 1.12 bits per heavy atom. The highest BCUT2D eigenvalue weighted by atomic mass is 32.1. The molecule has 10 aromatic carbocycles. The largest absolute Gasteiger partial charge is 0.344 e. The fourth-order valence-electron chi connectivity index (χ4n) is 10.3. The van der Waals surface area contributed by atoms with E-state index in [2.05, 4.69) is 216 Å². The lowest BCUT2D eigenvalue weighted by molar-refractivity contribution is 0.680. The summed E-state index contributed by atoms with van der Waals surface area (Å²) in [5.74, 6) is 1.49. The molecule has 0 aliphatic carbocycles. The number of fused-ring (bicyclic) bond motifs is 11. The molecule has 1 atom stereocenters. The predicted octanol–water partition coefficient (Wildman–Crippen LogP) is 16.0. The maximum Gasteiger partial charge on any atom is 0.159 e. The van der Waals surface area contributed by atoms with Gasteiger partial charge in [0.05, 0.1) is 11.0 Å². The van der Waals surface area contributed by atoms with Crippen LogP contribution in [-0.4, -0.2) is 16.2 Å². The molecule has 1 N–H and O–H groups in total. The van der Waals surface area contributed by atoms with Gasteiger partial charge in [-0.15, -0.1) is 22.7 Å². The Morgan fingerprint density at radius 3 is 1.97 bits per heavy atom. The van der Waals surface area contributed by atoms with Crippen molar-refractivity contribution in [1.29, 1.82) is 0 Å². The summed E-state index contributed by atoms with van der Waals surface area (Å²) in [5, 5.41) is 16.3. The molecule has 4 heterocycles. The van der Waals surface area contributed by atoms with Crippen LogP contribution in [0.5, 0.6) is 0 Å². The lowest BCUT2D eigenvalue weighted by Gasteiger charge is -2.26. The maximum absolute atomic E-state index is 5.50. The van der Waals surface area contributed by atoms with E-state index in [0.717, 1.165) is 33.8 Å². The molecule has 0 saturated carbocycles. The minimum atomic E-state index is -0.387. The second-order valence-electron chi connectivity index (χ2n) is 16.9. The van der Waals surface area contributed by atoms with Gasteiger partial charge in [-0.1, -0.05) is 152 Å². The van der Waals surface area contributed by atoms with Gasteiger partial charge in [0.1, 0.15) is 12.0 Å². The number of hydrogen-bond donors (Lipinski definition) is 1. The molecule has 1 unspecified atom stereocenters. The third kappa shape index (κ3) is 5.67. The van der Waals surface area contributed by atoms with E-state index in [0.29, 0.717) is 5.84 Å². The average Bonchev–Trinajstić information content (AvgIpc) is 4.04. The first kappa shape index (κ1) is 36.6. The Bertz CT molecular complexity index is 4170. The summed E-state index contributed by atoms with van der Waals surface area (Å²) in [7, 11) is 0. The zero-order valence-electron chi connectivity index (χ0n) is 34.9. The van der Waals surface area contributed by atoms with Crippen molar-refractivity contribution in [3.05, 3.63) is 223 Å². The summed E-state index contributed by atoms with van der Waals surface area (Å²) in [4.78, 5) is 10.9. The summed E-state index contributed by atoms with van der Waals surface area (Å²) in [6, 6.07) is 75.1. The van der Waals surface area contributed by atoms with Crippen molar-refractivity contribution in [2.75, 3.05) is 0 Å². The van der Waals surface area contributed by atoms with E-state index < -0.39 is 0 Å². The van der Waals surface area contributed by atoms with Crippen molar-refractivity contribution < 1.29 is 0 Å². The van der Waals surface area contributed by atoms with Gasteiger partial charge in [-0.2, -0.15) is 0 Å². The van der Waals surface area contributed by atoms with Gasteiger partial charge in [-0.25, -0.2) is 9.98 Å². The normalized spacial score (nSPS) is 14.3. The average molecular weight is 865 g/mol. The van der Waals surface area contributed by atoms with Gasteiger partial charge in [0, 0.05) is 73.5 Å². The molecular formula is C59H36N4S2. The van der Waals surface area contributed by atoms with Crippen LogP contribution in [-0.2, 0) is 0 Å². The lowest BCUT2D eigenvalue weighted by Crippen LogP contribution is -2.34. The van der Waals surface area contributed by atoms with Crippen LogP contribution in [0.15, 0.2) is 216 Å². The number of hydrogen-bond acceptors (Lipinski definition) is 5. The molecule has 0 amide bonds. The van der Waals surface area contributed by atoms with Crippen LogP contribution in [0.25, 0.3) is 101 Å². The third-order valence-electron chi connectivity index (χ3n) is 13.2. The Kier molecular flexibility index (Phi) is 8.05. The molecule has 0 fully saturated rings. The fraction of sp³-hybridized carbons (Fsp3) is 0.0169. The molecule has 3 aromatic heterocycles. The van der Waals surface area contributed by atoms with Crippen molar-refractivity contribution in [1.82, 2.24) is 9.88 Å². The summed E-state index contributed by atoms with van der Waals surface area (Å²) in [5.41, 5.74) is 8.88. The van der Waals surface area contributed by atoms with Crippen molar-refractivity contribution in [3.63, 3.8) is 0 Å². The van der Waals surface area contributed by atoms with E-state index >= 15 is 0 Å². The summed E-state index contributed by atoms with van der Waals surface area (Å²) >= 11 is 3.70. The molecule has 6 heteroatoms. The van der Waals surface area contributed by atoms with E-state index in [4.69, 9.17) is 9.98 Å². The molecule has 0 bridgehead atoms. The summed E-state index contributed by atoms with van der Waals surface area (Å²) in [6.45, 7) is 0. The molecule has 13 aromatic rings. The van der Waals surface area contributed by atoms with E-state index in [1.807, 2.05) is 22.7 Å². The van der Waals surface area contributed by atoms with Crippen molar-refractivity contribution in [2.24, 2.45) is 9.98 Å². The first-order chi connectivity index (χ1) is 32.2. The molecule has 1 aliphatic heterocycles. The highest BCUT2D eigenvalue weighted by molar-refractivity contribution is 7.26. The molecular weight excluding hydrogens is 829 g/mol. The molecule has 4 nitrogen and oxygen atoms in total. The number of benzene rings is 10. The highest BCUT2D eigenvalue weighted by Gasteiger charge is 2.28. The van der Waals surface area contributed by atoms with Gasteiger partial charge in [-0.3, -0.25) is 0 Å². The summed E-state index contributed by atoms with van der Waals surface area (Å²) in [6.07, 6.45) is -0.387. The smallest absolute Gasteiger partial charge is 0.159 e. The zero-order valence-corrected chi connectivity index (χ0v) is 36.5. The Balaban J connectivity index is 1.07. The molecule has 14 rings (SSSR count). The van der Waals surface area contributed by atoms with Crippen molar-refractivity contribution in [3.8, 4) is 16.8 Å². The molecule has 304 valence electrons. The number of nitrogens with zero attached hydrogens (tertiary/aromatic N) is 3. The maximum atomic E-state index is 5.50. The topological polar surface area (TPSA) is 41.7 Å². The van der Waals surface area contributed by atoms with Crippen LogP contribution in [0, 0.1) is 0 Å². The van der Waals surface area contributed by atoms with Gasteiger partial charge in [0.15, 0.2) is 5.84 Å². The second kappa shape index (κ2) is 14.3. The number of aromatic nitrogens is 1. The number of amidine groups is 2. The molecule has 0 saturated heterocycles. The van der Waals surface area contributed by atoms with Gasteiger partial charge in [0.2, 0.25) is 0 Å². The highest BCUT2D eigenvalue weighted by Crippen LogP contribution is 2.47. The Hall–Kier alpha value is -7.90. The number of rotatable bonds is 5. The SMILES string of the molecule is c1ccc(C2=NC(c3cccc4c3sc3ccccc34)NC(c3ccc(-n4c5ccccc5c5cc6ccccc6cc54)cc3-c3c4ccccc4cc4sc5ccccc5c34)=N2)cc1. The molecule has 0 radical (unpaired) electrons. The second-order valence-corrected chi connectivity index (χ2v) is 19.0. The van der Waals surface area contributed by atoms with Crippen molar-refractivity contribution >= 4 is 118 Å². The minimum absolute atomic E-state index is 0.387. The predicted molar refractivity (Wildman–Crippen MR) is 279 cm³/mol. The Labute approximate surface area is 381 Å². The number of para-hydroxylation sites is 1. The monoisotopic (exact) mass is 864 g/mol. The molecule has 0 spiro atoms. The van der Waals surface area contributed by atoms with E-state index in [-0.39, 0.29) is 6.17 Å². The number of aliphatic imine (C=N–C) groups is 2. The van der Waals surface area contributed by atoms with E-state index in [1.165, 1.54) is 89.3 Å². The molecule has 65 heavy (non-hydrogen) atoms.